The van der Waals surface area contributed by atoms with Crippen LogP contribution in [0.25, 0.3) is 0 Å². The van der Waals surface area contributed by atoms with Crippen LogP contribution < -0.4 is 9.64 Å². The molecule has 0 N–H and O–H groups in total. The molecule has 6 nitrogen and oxygen atoms in total. The highest BCUT2D eigenvalue weighted by molar-refractivity contribution is 7.89. The molecule has 0 spiro atoms. The van der Waals surface area contributed by atoms with E-state index in [4.69, 9.17) is 4.74 Å². The van der Waals surface area contributed by atoms with Crippen LogP contribution in [0.4, 0.5) is 5.69 Å². The van der Waals surface area contributed by atoms with Crippen molar-refractivity contribution < 1.29 is 17.9 Å². The molecule has 0 radical (unpaired) electrons. The van der Waals surface area contributed by atoms with E-state index in [2.05, 4.69) is 4.90 Å². The van der Waals surface area contributed by atoms with Crippen LogP contribution >= 0.6 is 0 Å². The number of sulfonamides is 1. The van der Waals surface area contributed by atoms with Gasteiger partial charge in [-0.05, 0) is 55.0 Å². The second-order valence-corrected chi connectivity index (χ2v) is 8.17. The van der Waals surface area contributed by atoms with Crippen LogP contribution in [0.1, 0.15) is 15.9 Å². The highest BCUT2D eigenvalue weighted by atomic mass is 32.2. The number of piperazine rings is 1. The van der Waals surface area contributed by atoms with Gasteiger partial charge in [0.1, 0.15) is 12.0 Å². The van der Waals surface area contributed by atoms with Gasteiger partial charge < -0.3 is 9.64 Å². The lowest BCUT2D eigenvalue weighted by Gasteiger charge is -2.36. The summed E-state index contributed by atoms with van der Waals surface area (Å²) in [5, 5.41) is 0. The Balaban J connectivity index is 1.72. The molecule has 7 heteroatoms. The maximum absolute atomic E-state index is 12.8. The van der Waals surface area contributed by atoms with E-state index < -0.39 is 10.0 Å². The van der Waals surface area contributed by atoms with Crippen LogP contribution in [0.5, 0.6) is 5.75 Å². The topological polar surface area (TPSA) is 66.9 Å². The summed E-state index contributed by atoms with van der Waals surface area (Å²) in [6.45, 7) is 4.02. The van der Waals surface area contributed by atoms with Crippen molar-refractivity contribution in [1.82, 2.24) is 4.31 Å². The first kappa shape index (κ1) is 18.4. The Hall–Kier alpha value is -2.38. The molecule has 2 aromatic carbocycles. The smallest absolute Gasteiger partial charge is 0.243 e. The molecule has 0 amide bonds. The van der Waals surface area contributed by atoms with Gasteiger partial charge in [0.25, 0.3) is 0 Å². The van der Waals surface area contributed by atoms with Crippen LogP contribution in [0.15, 0.2) is 47.4 Å². The number of carbonyl (C=O) groups is 1. The first-order chi connectivity index (χ1) is 12.5. The van der Waals surface area contributed by atoms with Crippen LogP contribution in [0.2, 0.25) is 0 Å². The molecule has 1 saturated heterocycles. The molecule has 3 rings (SSSR count). The fourth-order valence-electron chi connectivity index (χ4n) is 3.17. The van der Waals surface area contributed by atoms with Gasteiger partial charge in [0.2, 0.25) is 10.0 Å². The Labute approximate surface area is 154 Å². The first-order valence-corrected chi connectivity index (χ1v) is 9.84. The van der Waals surface area contributed by atoms with Crippen LogP contribution in [-0.4, -0.2) is 52.3 Å². The number of ether oxygens (including phenoxy) is 1. The number of benzene rings is 2. The van der Waals surface area contributed by atoms with Gasteiger partial charge in [-0.3, -0.25) is 4.79 Å². The van der Waals surface area contributed by atoms with Gasteiger partial charge in [0, 0.05) is 37.4 Å². The maximum atomic E-state index is 12.8. The third-order valence-electron chi connectivity index (χ3n) is 4.63. The summed E-state index contributed by atoms with van der Waals surface area (Å²) in [5.41, 5.74) is 2.70. The van der Waals surface area contributed by atoms with Gasteiger partial charge in [-0.2, -0.15) is 4.31 Å². The average Bonchev–Trinajstić information content (AvgIpc) is 2.68. The molecule has 1 aliphatic rings. The zero-order valence-electron chi connectivity index (χ0n) is 14.9. The molecule has 2 aromatic rings. The van der Waals surface area contributed by atoms with Gasteiger partial charge in [0.05, 0.1) is 12.0 Å². The Kier molecular flexibility index (Phi) is 5.29. The molecular formula is C19H22N2O4S. The quantitative estimate of drug-likeness (QED) is 0.752. The minimum Gasteiger partial charge on any atom is -0.497 e. The van der Waals surface area contributed by atoms with Crippen molar-refractivity contribution in [2.75, 3.05) is 38.2 Å². The lowest BCUT2D eigenvalue weighted by Crippen LogP contribution is -2.48. The number of carbonyl (C=O) groups excluding carboxylic acids is 1. The normalized spacial score (nSPS) is 15.7. The molecule has 0 unspecified atom stereocenters. The molecule has 0 aliphatic carbocycles. The summed E-state index contributed by atoms with van der Waals surface area (Å²) in [7, 11) is -1.96. The largest absolute Gasteiger partial charge is 0.497 e. The molecule has 0 saturated carbocycles. The molecule has 0 aromatic heterocycles. The first-order valence-electron chi connectivity index (χ1n) is 8.40. The van der Waals surface area contributed by atoms with Crippen LogP contribution in [-0.2, 0) is 10.0 Å². The monoisotopic (exact) mass is 374 g/mol. The third-order valence-corrected chi connectivity index (χ3v) is 6.55. The van der Waals surface area contributed by atoms with Crippen molar-refractivity contribution in [2.24, 2.45) is 0 Å². The number of anilines is 1. The lowest BCUT2D eigenvalue weighted by atomic mass is 10.1. The van der Waals surface area contributed by atoms with Crippen molar-refractivity contribution in [2.45, 2.75) is 11.8 Å². The van der Waals surface area contributed by atoms with E-state index in [1.165, 1.54) is 4.31 Å². The predicted octanol–water partition coefficient (Wildman–Crippen LogP) is 2.33. The number of nitrogens with zero attached hydrogens (tertiary/aromatic N) is 2. The molecule has 1 fully saturated rings. The van der Waals surface area contributed by atoms with Gasteiger partial charge in [-0.25, -0.2) is 8.42 Å². The summed E-state index contributed by atoms with van der Waals surface area (Å²) < 4.78 is 32.2. The second kappa shape index (κ2) is 7.47. The number of aldehydes is 1. The van der Waals surface area contributed by atoms with E-state index in [0.717, 1.165) is 17.5 Å². The van der Waals surface area contributed by atoms with Gasteiger partial charge in [-0.15, -0.1) is 0 Å². The lowest BCUT2D eigenvalue weighted by molar-refractivity contribution is 0.112. The fourth-order valence-corrected chi connectivity index (χ4v) is 4.60. The van der Waals surface area contributed by atoms with Crippen molar-refractivity contribution in [1.29, 1.82) is 0 Å². The summed E-state index contributed by atoms with van der Waals surface area (Å²) in [6.07, 6.45) is 0.830. The molecule has 1 aliphatic heterocycles. The highest BCUT2D eigenvalue weighted by Crippen LogP contribution is 2.25. The number of aryl methyl sites for hydroxylation is 1. The summed E-state index contributed by atoms with van der Waals surface area (Å²) in [6, 6.07) is 12.0. The van der Waals surface area contributed by atoms with Gasteiger partial charge >= 0.3 is 0 Å². The number of methoxy groups -OCH3 is 1. The van der Waals surface area contributed by atoms with E-state index in [1.54, 1.807) is 37.4 Å². The van der Waals surface area contributed by atoms with Crippen molar-refractivity contribution >= 4 is 22.0 Å². The Morgan fingerprint density at radius 1 is 1.00 bits per heavy atom. The zero-order chi connectivity index (χ0) is 18.7. The summed E-state index contributed by atoms with van der Waals surface area (Å²) in [5.74, 6) is 0.628. The fraction of sp³-hybridized carbons (Fsp3) is 0.316. The molecule has 0 atom stereocenters. The highest BCUT2D eigenvalue weighted by Gasteiger charge is 2.29. The minimum atomic E-state index is -3.51. The van der Waals surface area contributed by atoms with Crippen LogP contribution in [0, 0.1) is 6.92 Å². The predicted molar refractivity (Wildman–Crippen MR) is 101 cm³/mol. The molecule has 0 bridgehead atoms. The van der Waals surface area contributed by atoms with Crippen molar-refractivity contribution in [3.63, 3.8) is 0 Å². The Morgan fingerprint density at radius 2 is 1.65 bits per heavy atom. The summed E-state index contributed by atoms with van der Waals surface area (Å²) >= 11 is 0. The average molecular weight is 374 g/mol. The Bertz CT molecular complexity index is 886. The van der Waals surface area contributed by atoms with E-state index >= 15 is 0 Å². The zero-order valence-corrected chi connectivity index (χ0v) is 15.7. The molecule has 138 valence electrons. The second-order valence-electron chi connectivity index (χ2n) is 6.23. The third kappa shape index (κ3) is 3.59. The molecule has 26 heavy (non-hydrogen) atoms. The number of rotatable bonds is 5. The van der Waals surface area contributed by atoms with Crippen molar-refractivity contribution in [3.8, 4) is 5.75 Å². The molecular weight excluding hydrogens is 352 g/mol. The van der Waals surface area contributed by atoms with Crippen LogP contribution in [0.3, 0.4) is 0 Å². The van der Waals surface area contributed by atoms with Crippen molar-refractivity contribution in [3.05, 3.63) is 53.6 Å². The van der Waals surface area contributed by atoms with Gasteiger partial charge in [0.15, 0.2) is 0 Å². The van der Waals surface area contributed by atoms with E-state index in [1.807, 2.05) is 19.1 Å². The number of hydrogen-bond acceptors (Lipinski definition) is 5. The molecule has 1 heterocycles. The van der Waals surface area contributed by atoms with E-state index in [9.17, 15) is 13.2 Å². The standard InChI is InChI=1S/C19H22N2O4S/c1-15-13-16(14-22)3-8-19(15)20-9-11-21(12-10-20)26(23,24)18-6-4-17(25-2)5-7-18/h3-8,13-14H,9-12H2,1-2H3. The van der Waals surface area contributed by atoms with E-state index in [-0.39, 0.29) is 4.90 Å². The summed E-state index contributed by atoms with van der Waals surface area (Å²) in [4.78, 5) is 13.3. The SMILES string of the molecule is COc1ccc(S(=O)(=O)N2CCN(c3ccc(C=O)cc3C)CC2)cc1. The van der Waals surface area contributed by atoms with Gasteiger partial charge in [-0.1, -0.05) is 0 Å². The Morgan fingerprint density at radius 3 is 2.19 bits per heavy atom. The maximum Gasteiger partial charge on any atom is 0.243 e. The van der Waals surface area contributed by atoms with E-state index in [0.29, 0.717) is 37.5 Å². The minimum absolute atomic E-state index is 0.276. The number of hydrogen-bond donors (Lipinski definition) is 0.